The van der Waals surface area contributed by atoms with Crippen molar-refractivity contribution in [2.24, 2.45) is 7.05 Å². The van der Waals surface area contributed by atoms with Gasteiger partial charge in [0, 0.05) is 29.6 Å². The Labute approximate surface area is 166 Å². The summed E-state index contributed by atoms with van der Waals surface area (Å²) in [5, 5.41) is 7.39. The largest absolute Gasteiger partial charge is 0.356 e. The minimum absolute atomic E-state index is 1.12. The lowest BCUT2D eigenvalue weighted by molar-refractivity contribution is -0.673. The van der Waals surface area contributed by atoms with Gasteiger partial charge in [-0.25, -0.2) is 4.57 Å². The van der Waals surface area contributed by atoms with Crippen LogP contribution in [-0.4, -0.2) is 0 Å². The zero-order chi connectivity index (χ0) is 19.2. The molecule has 0 saturated carbocycles. The van der Waals surface area contributed by atoms with Crippen LogP contribution in [0.15, 0.2) is 115 Å². The van der Waals surface area contributed by atoms with Gasteiger partial charge in [0.05, 0.1) is 0 Å². The molecular formula is C24H25N2S+. The third kappa shape index (κ3) is 8.17. The number of hydrogen-bond acceptors (Lipinski definition) is 2. The molecule has 2 aromatic heterocycles. The predicted molar refractivity (Wildman–Crippen MR) is 118 cm³/mol. The average Bonchev–Trinajstić information content (AvgIpc) is 3.31. The number of thiophene rings is 1. The number of rotatable bonds is 3. The van der Waals surface area contributed by atoms with E-state index in [1.807, 2.05) is 126 Å². The summed E-state index contributed by atoms with van der Waals surface area (Å²) in [6.07, 6.45) is 3.83. The first-order valence-electron chi connectivity index (χ1n) is 8.71. The first-order chi connectivity index (χ1) is 13.3. The molecule has 0 saturated heterocycles. The Morgan fingerprint density at radius 2 is 1.26 bits per heavy atom. The highest BCUT2D eigenvalue weighted by Gasteiger charge is 1.95. The Hall–Kier alpha value is -3.17. The van der Waals surface area contributed by atoms with Crippen LogP contribution in [-0.2, 0) is 7.05 Å². The van der Waals surface area contributed by atoms with Crippen molar-refractivity contribution in [3.8, 4) is 0 Å². The van der Waals surface area contributed by atoms with Crippen molar-refractivity contribution in [1.29, 1.82) is 0 Å². The van der Waals surface area contributed by atoms with E-state index < -0.39 is 0 Å². The van der Waals surface area contributed by atoms with E-state index >= 15 is 0 Å². The van der Waals surface area contributed by atoms with Gasteiger partial charge in [-0.3, -0.25) is 0 Å². The highest BCUT2D eigenvalue weighted by atomic mass is 32.1. The Bertz CT molecular complexity index is 818. The monoisotopic (exact) mass is 373 g/mol. The number of anilines is 2. The van der Waals surface area contributed by atoms with E-state index in [4.69, 9.17) is 0 Å². The lowest BCUT2D eigenvalue weighted by Gasteiger charge is -2.04. The van der Waals surface area contributed by atoms with Crippen LogP contribution in [0.3, 0.4) is 0 Å². The number of nitrogens with zero attached hydrogens (tertiary/aromatic N) is 1. The van der Waals surface area contributed by atoms with E-state index in [0.29, 0.717) is 0 Å². The summed E-state index contributed by atoms with van der Waals surface area (Å²) in [4.78, 5) is 0. The molecule has 0 unspecified atom stereocenters. The van der Waals surface area contributed by atoms with Crippen LogP contribution in [0.5, 0.6) is 0 Å². The molecule has 2 heterocycles. The van der Waals surface area contributed by atoms with E-state index in [1.165, 1.54) is 0 Å². The van der Waals surface area contributed by atoms with Crippen molar-refractivity contribution >= 4 is 28.8 Å². The second-order valence-corrected chi connectivity index (χ2v) is 6.41. The summed E-state index contributed by atoms with van der Waals surface area (Å²) in [5.41, 5.74) is 3.37. The maximum atomic E-state index is 3.67. The number of aryl methyl sites for hydroxylation is 1. The van der Waals surface area contributed by atoms with E-state index in [9.17, 15) is 0 Å². The van der Waals surface area contributed by atoms with Crippen LogP contribution in [0.25, 0.3) is 6.08 Å². The first-order valence-corrected chi connectivity index (χ1v) is 9.65. The Kier molecular flexibility index (Phi) is 9.12. The highest BCUT2D eigenvalue weighted by Crippen LogP contribution is 2.14. The molecule has 27 heavy (non-hydrogen) atoms. The van der Waals surface area contributed by atoms with E-state index in [1.54, 1.807) is 11.3 Å². The minimum Gasteiger partial charge on any atom is -0.356 e. The van der Waals surface area contributed by atoms with Crippen LogP contribution in [0.1, 0.15) is 5.69 Å². The molecule has 0 atom stereocenters. The lowest BCUT2D eigenvalue weighted by atomic mass is 10.3. The standard InChI is InChI=1S/C12H11N.C8H10N.C4H4S/c1-3-7-11(8-4-1)13-12-9-5-2-6-10-12;1-3-8-6-4-5-7-9(8)2;1-2-4-5-3-1/h1-10,13H;3-7H,1H2,2H3;1-4H/q;+1;. The summed E-state index contributed by atoms with van der Waals surface area (Å²) in [5.74, 6) is 0. The summed E-state index contributed by atoms with van der Waals surface area (Å²) in [6, 6.07) is 30.3. The Morgan fingerprint density at radius 1 is 0.741 bits per heavy atom. The average molecular weight is 374 g/mol. The fourth-order valence-corrected chi connectivity index (χ4v) is 2.64. The molecule has 0 aliphatic heterocycles. The number of nitrogens with one attached hydrogen (secondary N) is 1. The molecule has 1 N–H and O–H groups in total. The molecule has 0 fully saturated rings. The van der Waals surface area contributed by atoms with Gasteiger partial charge in [-0.1, -0.05) is 55.1 Å². The van der Waals surface area contributed by atoms with Crippen molar-refractivity contribution in [2.75, 3.05) is 5.32 Å². The molecule has 0 aliphatic rings. The summed E-state index contributed by atoms with van der Waals surface area (Å²) in [6.45, 7) is 3.67. The highest BCUT2D eigenvalue weighted by molar-refractivity contribution is 7.07. The summed E-state index contributed by atoms with van der Waals surface area (Å²) < 4.78 is 2.02. The van der Waals surface area contributed by atoms with Gasteiger partial charge in [0.25, 0.3) is 0 Å². The SMILES string of the molecule is C=Cc1cccc[n+]1C.c1ccc(Nc2ccccc2)cc1.c1ccsc1. The number of benzene rings is 2. The van der Waals surface area contributed by atoms with Gasteiger partial charge < -0.3 is 5.32 Å². The molecule has 2 nitrogen and oxygen atoms in total. The second kappa shape index (κ2) is 12.2. The third-order valence-electron chi connectivity index (χ3n) is 3.57. The zero-order valence-electron chi connectivity index (χ0n) is 15.5. The molecule has 2 aromatic carbocycles. The zero-order valence-corrected chi connectivity index (χ0v) is 16.3. The molecule has 0 aliphatic carbocycles. The van der Waals surface area contributed by atoms with Crippen molar-refractivity contribution in [1.82, 2.24) is 0 Å². The molecule has 4 rings (SSSR count). The lowest BCUT2D eigenvalue weighted by Crippen LogP contribution is -2.30. The smallest absolute Gasteiger partial charge is 0.204 e. The molecule has 4 aromatic rings. The van der Waals surface area contributed by atoms with Gasteiger partial charge in [0.15, 0.2) is 6.20 Å². The number of pyridine rings is 1. The molecule has 0 amide bonds. The summed E-state index contributed by atoms with van der Waals surface area (Å²) in [7, 11) is 2.00. The first kappa shape index (κ1) is 20.1. The van der Waals surface area contributed by atoms with Gasteiger partial charge in [-0.15, -0.1) is 0 Å². The maximum absolute atomic E-state index is 3.67. The summed E-state index contributed by atoms with van der Waals surface area (Å²) >= 11 is 1.71. The predicted octanol–water partition coefficient (Wildman–Crippen LogP) is 6.33. The molecule has 0 radical (unpaired) electrons. The van der Waals surface area contributed by atoms with Gasteiger partial charge in [-0.2, -0.15) is 11.3 Å². The fourth-order valence-electron chi connectivity index (χ4n) is 2.19. The van der Waals surface area contributed by atoms with Crippen LogP contribution in [0.4, 0.5) is 11.4 Å². The van der Waals surface area contributed by atoms with Gasteiger partial charge in [0.1, 0.15) is 7.05 Å². The Morgan fingerprint density at radius 3 is 1.63 bits per heavy atom. The normalized spacial score (nSPS) is 9.07. The van der Waals surface area contributed by atoms with Crippen LogP contribution >= 0.6 is 11.3 Å². The minimum atomic E-state index is 1.12. The fraction of sp³-hybridized carbons (Fsp3) is 0.0417. The molecule has 3 heteroatoms. The van der Waals surface area contributed by atoms with Crippen LogP contribution < -0.4 is 9.88 Å². The van der Waals surface area contributed by atoms with E-state index in [0.717, 1.165) is 17.1 Å². The van der Waals surface area contributed by atoms with Crippen molar-refractivity contribution in [3.05, 3.63) is 120 Å². The number of para-hydroxylation sites is 2. The van der Waals surface area contributed by atoms with Gasteiger partial charge >= 0.3 is 0 Å². The topological polar surface area (TPSA) is 15.9 Å². The van der Waals surface area contributed by atoms with Gasteiger partial charge in [-0.05, 0) is 41.1 Å². The van der Waals surface area contributed by atoms with Gasteiger partial charge in [0.2, 0.25) is 5.69 Å². The Balaban J connectivity index is 0.000000161. The van der Waals surface area contributed by atoms with E-state index in [-0.39, 0.29) is 0 Å². The number of hydrogen-bond donors (Lipinski definition) is 1. The molecule has 0 bridgehead atoms. The van der Waals surface area contributed by atoms with E-state index in [2.05, 4.69) is 11.9 Å². The molecule has 0 spiro atoms. The maximum Gasteiger partial charge on any atom is 0.204 e. The quantitative estimate of drug-likeness (QED) is 0.415. The molecular weight excluding hydrogens is 348 g/mol. The van der Waals surface area contributed by atoms with Crippen molar-refractivity contribution in [2.45, 2.75) is 0 Å². The second-order valence-electron chi connectivity index (χ2n) is 5.59. The van der Waals surface area contributed by atoms with Crippen molar-refractivity contribution in [3.63, 3.8) is 0 Å². The third-order valence-corrected chi connectivity index (χ3v) is 4.19. The van der Waals surface area contributed by atoms with Crippen LogP contribution in [0.2, 0.25) is 0 Å². The van der Waals surface area contributed by atoms with Crippen LogP contribution in [0, 0.1) is 0 Å². The number of aromatic nitrogens is 1. The van der Waals surface area contributed by atoms with Crippen molar-refractivity contribution < 1.29 is 4.57 Å². The molecule has 136 valence electrons.